The van der Waals surface area contributed by atoms with E-state index in [1.165, 1.54) is 37.3 Å². The zero-order valence-electron chi connectivity index (χ0n) is 14.2. The fourth-order valence-electron chi connectivity index (χ4n) is 2.25. The van der Waals surface area contributed by atoms with Crippen molar-refractivity contribution in [2.24, 2.45) is 5.73 Å². The number of nitrogens with two attached hydrogens (primary N) is 1. The summed E-state index contributed by atoms with van der Waals surface area (Å²) in [5.41, 5.74) is 5.29. The minimum absolute atomic E-state index is 0.0309. The van der Waals surface area contributed by atoms with E-state index in [0.29, 0.717) is 11.5 Å². The first-order chi connectivity index (χ1) is 12.8. The fourth-order valence-corrected chi connectivity index (χ4v) is 3.35. The molecule has 0 spiro atoms. The maximum Gasteiger partial charge on any atom is 0.338 e. The minimum Gasteiger partial charge on any atom is -0.454 e. The predicted octanol–water partition coefficient (Wildman–Crippen LogP) is 1.25. The quantitative estimate of drug-likeness (QED) is 0.707. The van der Waals surface area contributed by atoms with Gasteiger partial charge < -0.3 is 19.9 Å². The zero-order chi connectivity index (χ0) is 19.6. The molecule has 0 aliphatic carbocycles. The lowest BCUT2D eigenvalue weighted by Crippen LogP contribution is -2.30. The molecule has 1 amide bonds. The second kappa shape index (κ2) is 7.16. The number of nitrogens with one attached hydrogen (secondary N) is 1. The number of hydrogen-bond donors (Lipinski definition) is 2. The first kappa shape index (κ1) is 18.5. The van der Waals surface area contributed by atoms with E-state index in [2.05, 4.69) is 4.72 Å². The number of fused-ring (bicyclic) bond motifs is 1. The van der Waals surface area contributed by atoms with Crippen LogP contribution in [-0.2, 0) is 19.6 Å². The van der Waals surface area contributed by atoms with E-state index in [1.807, 2.05) is 0 Å². The van der Waals surface area contributed by atoms with E-state index in [9.17, 15) is 18.0 Å². The van der Waals surface area contributed by atoms with Gasteiger partial charge in [-0.3, -0.25) is 9.52 Å². The second-order valence-corrected chi connectivity index (χ2v) is 7.33. The maximum absolute atomic E-state index is 12.6. The highest BCUT2D eigenvalue weighted by atomic mass is 32.2. The average molecular weight is 392 g/mol. The van der Waals surface area contributed by atoms with Gasteiger partial charge in [0.1, 0.15) is 0 Å². The summed E-state index contributed by atoms with van der Waals surface area (Å²) in [5.74, 6) is -0.725. The molecule has 10 heteroatoms. The van der Waals surface area contributed by atoms with Crippen molar-refractivity contribution in [3.8, 4) is 11.5 Å². The molecular weight excluding hydrogens is 376 g/mol. The number of benzene rings is 2. The van der Waals surface area contributed by atoms with Crippen LogP contribution in [0.15, 0.2) is 47.4 Å². The molecule has 9 nitrogen and oxygen atoms in total. The SMILES string of the molecule is C[C@H](OC(=O)c1cccc(S(=O)(=O)Nc2ccc3c(c2)OCO3)c1)C(N)=O. The first-order valence-electron chi connectivity index (χ1n) is 7.79. The summed E-state index contributed by atoms with van der Waals surface area (Å²) in [4.78, 5) is 22.9. The maximum atomic E-state index is 12.6. The van der Waals surface area contributed by atoms with Crippen molar-refractivity contribution in [3.63, 3.8) is 0 Å². The molecule has 2 aromatic rings. The number of rotatable bonds is 6. The summed E-state index contributed by atoms with van der Waals surface area (Å²) >= 11 is 0. The minimum atomic E-state index is -3.98. The van der Waals surface area contributed by atoms with E-state index in [-0.39, 0.29) is 22.9 Å². The average Bonchev–Trinajstić information content (AvgIpc) is 3.09. The van der Waals surface area contributed by atoms with Gasteiger partial charge in [-0.1, -0.05) is 6.07 Å². The third-order valence-electron chi connectivity index (χ3n) is 3.69. The molecule has 0 bridgehead atoms. The number of anilines is 1. The standard InChI is InChI=1S/C17H16N2O7S/c1-10(16(18)20)26-17(21)11-3-2-4-13(7-11)27(22,23)19-12-5-6-14-15(8-12)25-9-24-14/h2-8,10,19H,9H2,1H3,(H2,18,20)/t10-/m0/s1. The molecule has 0 unspecified atom stereocenters. The summed E-state index contributed by atoms with van der Waals surface area (Å²) in [7, 11) is -3.98. The fraction of sp³-hybridized carbons (Fsp3) is 0.176. The van der Waals surface area contributed by atoms with E-state index < -0.39 is 28.0 Å². The van der Waals surface area contributed by atoms with Crippen LogP contribution in [-0.4, -0.2) is 33.2 Å². The number of sulfonamides is 1. The lowest BCUT2D eigenvalue weighted by molar-refractivity contribution is -0.125. The summed E-state index contributed by atoms with van der Waals surface area (Å²) < 4.78 is 42.9. The molecule has 0 saturated carbocycles. The molecule has 0 saturated heterocycles. The lowest BCUT2D eigenvalue weighted by atomic mass is 10.2. The van der Waals surface area contributed by atoms with Gasteiger partial charge in [0.2, 0.25) is 6.79 Å². The molecule has 3 rings (SSSR count). The highest BCUT2D eigenvalue weighted by Gasteiger charge is 2.21. The Bertz CT molecular complexity index is 1000. The molecule has 0 radical (unpaired) electrons. The molecule has 1 heterocycles. The van der Waals surface area contributed by atoms with Crippen molar-refractivity contribution < 1.29 is 32.2 Å². The molecule has 27 heavy (non-hydrogen) atoms. The van der Waals surface area contributed by atoms with Gasteiger partial charge in [-0.25, -0.2) is 13.2 Å². The Labute approximate surface area is 155 Å². The molecular formula is C17H16N2O7S. The molecule has 2 aromatic carbocycles. The van der Waals surface area contributed by atoms with Crippen LogP contribution < -0.4 is 19.9 Å². The third-order valence-corrected chi connectivity index (χ3v) is 5.07. The summed E-state index contributed by atoms with van der Waals surface area (Å²) in [5, 5.41) is 0. The van der Waals surface area contributed by atoms with E-state index in [0.717, 1.165) is 6.07 Å². The van der Waals surface area contributed by atoms with E-state index in [1.54, 1.807) is 6.07 Å². The summed E-state index contributed by atoms with van der Waals surface area (Å²) in [6, 6.07) is 9.83. The highest BCUT2D eigenvalue weighted by Crippen LogP contribution is 2.34. The summed E-state index contributed by atoms with van der Waals surface area (Å²) in [6.45, 7) is 1.39. The van der Waals surface area contributed by atoms with Crippen LogP contribution in [0.3, 0.4) is 0 Å². The Kier molecular flexibility index (Phi) is 4.91. The van der Waals surface area contributed by atoms with Crippen LogP contribution in [0, 0.1) is 0 Å². The smallest absolute Gasteiger partial charge is 0.338 e. The number of carbonyl (C=O) groups is 2. The number of ether oxygens (including phenoxy) is 3. The highest BCUT2D eigenvalue weighted by molar-refractivity contribution is 7.92. The predicted molar refractivity (Wildman–Crippen MR) is 93.9 cm³/mol. The van der Waals surface area contributed by atoms with Gasteiger partial charge >= 0.3 is 5.97 Å². The number of hydrogen-bond acceptors (Lipinski definition) is 7. The Morgan fingerprint density at radius 2 is 1.89 bits per heavy atom. The van der Waals surface area contributed by atoms with Crippen LogP contribution in [0.2, 0.25) is 0 Å². The van der Waals surface area contributed by atoms with Gasteiger partial charge in [0.15, 0.2) is 17.6 Å². The molecule has 1 atom stereocenters. The van der Waals surface area contributed by atoms with Gasteiger partial charge in [-0.05, 0) is 37.3 Å². The third kappa shape index (κ3) is 4.11. The van der Waals surface area contributed by atoms with Crippen molar-refractivity contribution in [1.29, 1.82) is 0 Å². The molecule has 0 aromatic heterocycles. The van der Waals surface area contributed by atoms with Crippen LogP contribution in [0.4, 0.5) is 5.69 Å². The summed E-state index contributed by atoms with van der Waals surface area (Å²) in [6.07, 6.45) is -1.13. The number of carbonyl (C=O) groups excluding carboxylic acids is 2. The van der Waals surface area contributed by atoms with Crippen molar-refractivity contribution in [2.45, 2.75) is 17.9 Å². The van der Waals surface area contributed by atoms with Crippen LogP contribution in [0.5, 0.6) is 11.5 Å². The van der Waals surface area contributed by atoms with Gasteiger partial charge in [0, 0.05) is 6.07 Å². The van der Waals surface area contributed by atoms with Crippen molar-refractivity contribution in [3.05, 3.63) is 48.0 Å². The first-order valence-corrected chi connectivity index (χ1v) is 9.27. The Hall–Kier alpha value is -3.27. The van der Waals surface area contributed by atoms with Crippen LogP contribution in [0.1, 0.15) is 17.3 Å². The monoisotopic (exact) mass is 392 g/mol. The van der Waals surface area contributed by atoms with Crippen molar-refractivity contribution in [2.75, 3.05) is 11.5 Å². The topological polar surface area (TPSA) is 134 Å². The second-order valence-electron chi connectivity index (χ2n) is 5.65. The van der Waals surface area contributed by atoms with Crippen molar-refractivity contribution in [1.82, 2.24) is 0 Å². The van der Waals surface area contributed by atoms with E-state index >= 15 is 0 Å². The van der Waals surface area contributed by atoms with Gasteiger partial charge in [0.05, 0.1) is 16.1 Å². The van der Waals surface area contributed by atoms with Gasteiger partial charge in [-0.2, -0.15) is 0 Å². The van der Waals surface area contributed by atoms with Crippen molar-refractivity contribution >= 4 is 27.6 Å². The molecule has 1 aliphatic rings. The largest absolute Gasteiger partial charge is 0.454 e. The van der Waals surface area contributed by atoms with Crippen LogP contribution in [0.25, 0.3) is 0 Å². The molecule has 142 valence electrons. The number of primary amides is 1. The number of amides is 1. The molecule has 1 aliphatic heterocycles. The van der Waals surface area contributed by atoms with E-state index in [4.69, 9.17) is 19.9 Å². The Balaban J connectivity index is 1.80. The Morgan fingerprint density at radius 3 is 2.63 bits per heavy atom. The van der Waals surface area contributed by atoms with Gasteiger partial charge in [-0.15, -0.1) is 0 Å². The lowest BCUT2D eigenvalue weighted by Gasteiger charge is -2.11. The Morgan fingerprint density at radius 1 is 1.15 bits per heavy atom. The molecule has 0 fully saturated rings. The molecule has 3 N–H and O–H groups in total. The van der Waals surface area contributed by atoms with Gasteiger partial charge in [0.25, 0.3) is 15.9 Å². The van der Waals surface area contributed by atoms with Crippen LogP contribution >= 0.6 is 0 Å². The normalized spacial score (nSPS) is 13.7. The zero-order valence-corrected chi connectivity index (χ0v) is 15.0. The number of esters is 1.